The average molecular weight is 647 g/mol. The van der Waals surface area contributed by atoms with Gasteiger partial charge in [-0.15, -0.1) is 0 Å². The van der Waals surface area contributed by atoms with Crippen molar-refractivity contribution in [3.05, 3.63) is 47.5 Å². The van der Waals surface area contributed by atoms with E-state index in [9.17, 15) is 0 Å². The van der Waals surface area contributed by atoms with E-state index < -0.39 is 22.4 Å². The molecule has 0 aliphatic heterocycles. The zero-order chi connectivity index (χ0) is 36.1. The second-order valence-electron chi connectivity index (χ2n) is 16.0. The highest BCUT2D eigenvalue weighted by Gasteiger charge is 2.42. The first kappa shape index (κ1) is 43.4. The van der Waals surface area contributed by atoms with Gasteiger partial charge in [0.1, 0.15) is 15.7 Å². The van der Waals surface area contributed by atoms with Crippen molar-refractivity contribution in [2.75, 3.05) is 0 Å². The molecule has 0 fully saturated rings. The van der Waals surface area contributed by atoms with E-state index >= 15 is 0 Å². The fourth-order valence-electron chi connectivity index (χ4n) is 5.61. The van der Waals surface area contributed by atoms with Crippen LogP contribution in [0.15, 0.2) is 36.4 Å². The number of benzene rings is 2. The molecule has 0 amide bonds. The molecule has 2 aromatic rings. The Labute approximate surface area is 292 Å². The van der Waals surface area contributed by atoms with Crippen LogP contribution in [0.3, 0.4) is 0 Å². The summed E-state index contributed by atoms with van der Waals surface area (Å²) in [5, 5.41) is 36.4. The van der Waals surface area contributed by atoms with Gasteiger partial charge in [-0.1, -0.05) is 138 Å². The molecule has 262 valence electrons. The normalized spacial score (nSPS) is 14.0. The first-order valence-corrected chi connectivity index (χ1v) is 18.3. The second kappa shape index (κ2) is 19.0. The van der Waals surface area contributed by atoms with E-state index in [4.69, 9.17) is 36.1 Å². The molecule has 0 aromatic heterocycles. The van der Waals surface area contributed by atoms with Crippen LogP contribution in [0.4, 0.5) is 0 Å². The molecule has 0 unspecified atom stereocenters. The molecule has 47 heavy (non-hydrogen) atoms. The molecule has 6 heteroatoms. The Balaban J connectivity index is 0.000000569. The number of rotatable bonds is 16. The summed E-state index contributed by atoms with van der Waals surface area (Å²) in [5.41, 5.74) is 3.47. The van der Waals surface area contributed by atoms with Crippen LogP contribution in [-0.4, -0.2) is 58.5 Å². The molecule has 0 atom stereocenters. The van der Waals surface area contributed by atoms with Gasteiger partial charge in [-0.25, -0.2) is 0 Å². The molecule has 0 bridgehead atoms. The highest BCUT2D eigenvalue weighted by atomic mass is 16.4. The molecule has 0 spiro atoms. The van der Waals surface area contributed by atoms with Gasteiger partial charge in [0.15, 0.2) is 0 Å². The van der Waals surface area contributed by atoms with Crippen LogP contribution in [0.1, 0.15) is 170 Å². The monoisotopic (exact) mass is 647 g/mol. The van der Waals surface area contributed by atoms with E-state index in [0.717, 1.165) is 10.9 Å². The van der Waals surface area contributed by atoms with Gasteiger partial charge in [-0.3, -0.25) is 0 Å². The van der Waals surface area contributed by atoms with E-state index in [1.807, 2.05) is 0 Å². The van der Waals surface area contributed by atoms with Crippen molar-refractivity contribution in [1.29, 1.82) is 0 Å². The van der Waals surface area contributed by atoms with Crippen LogP contribution in [-0.2, 0) is 5.41 Å². The first-order valence-electron chi connectivity index (χ1n) is 18.3. The van der Waals surface area contributed by atoms with Crippen molar-refractivity contribution in [3.63, 3.8) is 0 Å². The van der Waals surface area contributed by atoms with Gasteiger partial charge in [0, 0.05) is 5.41 Å². The maximum absolute atomic E-state index is 9.10. The van der Waals surface area contributed by atoms with Crippen LogP contribution in [0.2, 0.25) is 0 Å². The molecular formula is C41H68B2O4. The lowest BCUT2D eigenvalue weighted by molar-refractivity contribution is -0.107. The van der Waals surface area contributed by atoms with Gasteiger partial charge in [0.2, 0.25) is 0 Å². The third kappa shape index (κ3) is 13.7. The smallest absolute Gasteiger partial charge is 0.113 e. The third-order valence-electron chi connectivity index (χ3n) is 10.3. The lowest BCUT2D eigenvalue weighted by Crippen LogP contribution is -2.44. The first-order chi connectivity index (χ1) is 21.6. The molecule has 3 rings (SSSR count). The van der Waals surface area contributed by atoms with E-state index in [0.29, 0.717) is 0 Å². The average Bonchev–Trinajstić information content (AvgIpc) is 3.19. The molecule has 1 aliphatic rings. The minimum absolute atomic E-state index is 0.0743. The highest BCUT2D eigenvalue weighted by Crippen LogP contribution is 2.53. The fraction of sp³-hybridized carbons (Fsp3) is 0.707. The van der Waals surface area contributed by atoms with Crippen molar-refractivity contribution in [1.82, 2.24) is 0 Å². The predicted octanol–water partition coefficient (Wildman–Crippen LogP) is 8.10. The molecule has 2 aromatic carbocycles. The third-order valence-corrected chi connectivity index (χ3v) is 10.3. The maximum Gasteiger partial charge on any atom is 0.113 e. The summed E-state index contributed by atoms with van der Waals surface area (Å²) in [5.74, 6) is 0. The highest BCUT2D eigenvalue weighted by molar-refractivity contribution is 6.33. The van der Waals surface area contributed by atoms with Crippen LogP contribution >= 0.6 is 0 Å². The Kier molecular flexibility index (Phi) is 17.5. The van der Waals surface area contributed by atoms with Crippen LogP contribution in [0.25, 0.3) is 11.1 Å². The minimum atomic E-state index is -1.01. The Morgan fingerprint density at radius 1 is 0.468 bits per heavy atom. The summed E-state index contributed by atoms with van der Waals surface area (Å²) in [7, 11) is 12.6. The minimum Gasteiger partial charge on any atom is -0.387 e. The van der Waals surface area contributed by atoms with Crippen molar-refractivity contribution in [2.24, 2.45) is 0 Å². The lowest BCUT2D eigenvalue weighted by atomic mass is 9.69. The number of aliphatic hydroxyl groups is 4. The van der Waals surface area contributed by atoms with Crippen LogP contribution in [0, 0.1) is 0 Å². The van der Waals surface area contributed by atoms with Crippen molar-refractivity contribution >= 4 is 26.6 Å². The maximum atomic E-state index is 9.10. The Bertz CT molecular complexity index is 1060. The summed E-state index contributed by atoms with van der Waals surface area (Å²) < 4.78 is 0. The van der Waals surface area contributed by atoms with Crippen LogP contribution in [0.5, 0.6) is 0 Å². The fourth-order valence-corrected chi connectivity index (χ4v) is 5.61. The standard InChI is InChI=1S/C29H40B2.2C6H14O2/c1-3-5-7-9-11-13-19-29(20-14-12-10-8-6-4-2)27-21-23(30)15-17-25(27)26-18-16-24(31)22-28(26)29;2*1-5(2,7)6(3,4)8/h15-18,21-22H,3-14,19-20H2,1-2H3;2*7-8H,1-4H3. The van der Waals surface area contributed by atoms with E-state index in [2.05, 4.69) is 50.2 Å². The summed E-state index contributed by atoms with van der Waals surface area (Å²) in [4.78, 5) is 0. The van der Waals surface area contributed by atoms with Crippen molar-refractivity contribution in [3.8, 4) is 11.1 Å². The zero-order valence-electron chi connectivity index (χ0n) is 31.8. The summed E-state index contributed by atoms with van der Waals surface area (Å²) >= 11 is 0. The van der Waals surface area contributed by atoms with Gasteiger partial charge >= 0.3 is 0 Å². The van der Waals surface area contributed by atoms with E-state index in [1.54, 1.807) is 55.4 Å². The Morgan fingerprint density at radius 3 is 1.02 bits per heavy atom. The molecule has 0 heterocycles. The summed E-state index contributed by atoms with van der Waals surface area (Å²) in [6.07, 6.45) is 18.4. The largest absolute Gasteiger partial charge is 0.387 e. The molecule has 4 nitrogen and oxygen atoms in total. The molecular weight excluding hydrogens is 578 g/mol. The molecule has 4 N–H and O–H groups in total. The quantitative estimate of drug-likeness (QED) is 0.110. The number of hydrogen-bond donors (Lipinski definition) is 4. The van der Waals surface area contributed by atoms with Gasteiger partial charge in [0.05, 0.1) is 22.4 Å². The Hall–Kier alpha value is -1.59. The molecule has 0 saturated heterocycles. The van der Waals surface area contributed by atoms with Gasteiger partial charge in [-0.2, -0.15) is 0 Å². The lowest BCUT2D eigenvalue weighted by Gasteiger charge is -2.33. The van der Waals surface area contributed by atoms with Gasteiger partial charge < -0.3 is 20.4 Å². The van der Waals surface area contributed by atoms with E-state index in [-0.39, 0.29) is 5.41 Å². The Morgan fingerprint density at radius 2 is 0.745 bits per heavy atom. The summed E-state index contributed by atoms with van der Waals surface area (Å²) in [6, 6.07) is 13.1. The van der Waals surface area contributed by atoms with Gasteiger partial charge in [-0.05, 0) is 90.5 Å². The van der Waals surface area contributed by atoms with Crippen molar-refractivity contribution < 1.29 is 20.4 Å². The molecule has 0 saturated carbocycles. The predicted molar refractivity (Wildman–Crippen MR) is 205 cm³/mol. The van der Waals surface area contributed by atoms with Crippen LogP contribution < -0.4 is 10.9 Å². The van der Waals surface area contributed by atoms with Gasteiger partial charge in [0.25, 0.3) is 0 Å². The van der Waals surface area contributed by atoms with E-state index in [1.165, 1.54) is 112 Å². The number of hydrogen-bond acceptors (Lipinski definition) is 4. The molecule has 4 radical (unpaired) electrons. The second-order valence-corrected chi connectivity index (χ2v) is 16.0. The number of fused-ring (bicyclic) bond motifs is 3. The zero-order valence-corrected chi connectivity index (χ0v) is 31.8. The summed E-state index contributed by atoms with van der Waals surface area (Å²) in [6.45, 7) is 17.2. The molecule has 1 aliphatic carbocycles. The number of unbranched alkanes of at least 4 members (excludes halogenated alkanes) is 10. The SMILES string of the molecule is CC(C)(O)C(C)(C)O.CC(C)(O)C(C)(C)O.[B]c1ccc2c(c1)C(CCCCCCCC)(CCCCCCCC)c1cc([B])ccc1-2. The van der Waals surface area contributed by atoms with Crippen molar-refractivity contribution in [2.45, 2.75) is 187 Å². The topological polar surface area (TPSA) is 80.9 Å².